The van der Waals surface area contributed by atoms with Crippen LogP contribution in [0.25, 0.3) is 6.08 Å². The lowest BCUT2D eigenvalue weighted by Gasteiger charge is -2.36. The Bertz CT molecular complexity index is 954. The van der Waals surface area contributed by atoms with Crippen LogP contribution >= 0.6 is 11.3 Å². The minimum atomic E-state index is -0.376. The average molecular weight is 426 g/mol. The molecular formula is C25H31NO3S. The molecule has 0 fully saturated rings. The summed E-state index contributed by atoms with van der Waals surface area (Å²) in [5.74, 6) is -0.0487. The van der Waals surface area contributed by atoms with Gasteiger partial charge in [0.15, 0.2) is 0 Å². The predicted octanol–water partition coefficient (Wildman–Crippen LogP) is 6.04. The molecule has 2 aromatic rings. The van der Waals surface area contributed by atoms with Gasteiger partial charge >= 0.3 is 5.97 Å². The third-order valence-electron chi connectivity index (χ3n) is 6.41. The van der Waals surface area contributed by atoms with E-state index in [4.69, 9.17) is 4.74 Å². The van der Waals surface area contributed by atoms with E-state index in [1.807, 2.05) is 31.2 Å². The quantitative estimate of drug-likeness (QED) is 0.454. The number of rotatable bonds is 6. The number of thiophene rings is 1. The number of hydrogen-bond donors (Lipinski definition) is 1. The lowest BCUT2D eigenvalue weighted by molar-refractivity contribution is -0.111. The first-order chi connectivity index (χ1) is 14.2. The van der Waals surface area contributed by atoms with E-state index in [9.17, 15) is 9.59 Å². The second-order valence-corrected chi connectivity index (χ2v) is 9.82. The number of nitrogens with one attached hydrogen (secondary N) is 1. The highest BCUT2D eigenvalue weighted by Crippen LogP contribution is 2.45. The lowest BCUT2D eigenvalue weighted by Crippen LogP contribution is -2.28. The third-order valence-corrected chi connectivity index (χ3v) is 7.58. The van der Waals surface area contributed by atoms with Gasteiger partial charge in [0.05, 0.1) is 12.7 Å². The number of carbonyl (C=O) groups excluding carboxylic acids is 2. The van der Waals surface area contributed by atoms with Gasteiger partial charge in [0.25, 0.3) is 0 Å². The van der Waals surface area contributed by atoms with Gasteiger partial charge in [0.1, 0.15) is 5.00 Å². The van der Waals surface area contributed by atoms with Crippen LogP contribution in [-0.4, -0.2) is 19.0 Å². The summed E-state index contributed by atoms with van der Waals surface area (Å²) in [4.78, 5) is 26.3. The summed E-state index contributed by atoms with van der Waals surface area (Å²) in [6.07, 6.45) is 7.25. The molecule has 4 nitrogen and oxygen atoms in total. The van der Waals surface area contributed by atoms with Crippen LogP contribution in [0.1, 0.15) is 65.5 Å². The van der Waals surface area contributed by atoms with E-state index in [2.05, 4.69) is 26.1 Å². The van der Waals surface area contributed by atoms with Crippen molar-refractivity contribution in [1.82, 2.24) is 0 Å². The van der Waals surface area contributed by atoms with Crippen molar-refractivity contribution in [3.8, 4) is 0 Å². The number of carbonyl (C=O) groups is 2. The van der Waals surface area contributed by atoms with Crippen LogP contribution in [0.2, 0.25) is 0 Å². The van der Waals surface area contributed by atoms with Crippen molar-refractivity contribution in [2.75, 3.05) is 12.4 Å². The summed E-state index contributed by atoms with van der Waals surface area (Å²) in [6, 6.07) is 7.96. The number of fused-ring (bicyclic) bond motifs is 1. The monoisotopic (exact) mass is 425 g/mol. The van der Waals surface area contributed by atoms with E-state index in [1.54, 1.807) is 6.08 Å². The maximum Gasteiger partial charge on any atom is 0.341 e. The molecule has 1 aromatic heterocycles. The Balaban J connectivity index is 1.83. The molecule has 5 heteroatoms. The smallest absolute Gasteiger partial charge is 0.341 e. The molecule has 0 saturated carbocycles. The van der Waals surface area contributed by atoms with Gasteiger partial charge in [0.2, 0.25) is 5.91 Å². The molecule has 3 rings (SSSR count). The fraction of sp³-hybridized carbons (Fsp3) is 0.440. The van der Waals surface area contributed by atoms with E-state index in [1.165, 1.54) is 35.0 Å². The summed E-state index contributed by atoms with van der Waals surface area (Å²) in [5.41, 5.74) is 3.97. The molecule has 0 aliphatic heterocycles. The molecule has 1 aromatic carbocycles. The fourth-order valence-electron chi connectivity index (χ4n) is 3.95. The van der Waals surface area contributed by atoms with Crippen LogP contribution in [-0.2, 0) is 22.4 Å². The van der Waals surface area contributed by atoms with Crippen molar-refractivity contribution in [3.05, 3.63) is 57.5 Å². The highest BCUT2D eigenvalue weighted by Gasteiger charge is 2.35. The van der Waals surface area contributed by atoms with Crippen molar-refractivity contribution in [2.24, 2.45) is 11.3 Å². The normalized spacial score (nSPS) is 16.4. The number of benzene rings is 1. The lowest BCUT2D eigenvalue weighted by atomic mass is 9.69. The van der Waals surface area contributed by atoms with Gasteiger partial charge in [-0.1, -0.05) is 57.0 Å². The van der Waals surface area contributed by atoms with Gasteiger partial charge in [-0.2, -0.15) is 0 Å². The SMILES string of the molecule is CCC(C)(C)[C@@H]1CCc2c(sc(NC(=O)/C=C/c3ccc(C)cc3)c2C(=O)OC)C1. The van der Waals surface area contributed by atoms with Gasteiger partial charge in [-0.05, 0) is 54.7 Å². The van der Waals surface area contributed by atoms with Gasteiger partial charge in [-0.15, -0.1) is 11.3 Å². The molecule has 160 valence electrons. The minimum absolute atomic E-state index is 0.246. The van der Waals surface area contributed by atoms with Crippen LogP contribution in [0.3, 0.4) is 0 Å². The largest absolute Gasteiger partial charge is 0.465 e. The van der Waals surface area contributed by atoms with E-state index >= 15 is 0 Å². The standard InChI is InChI=1S/C25H31NO3S/c1-6-25(3,4)18-12-13-19-20(15-18)30-23(22(19)24(28)29-5)26-21(27)14-11-17-9-7-16(2)8-10-17/h7-11,14,18H,6,12-13,15H2,1-5H3,(H,26,27)/b14-11+/t18-/m1/s1. The molecule has 0 radical (unpaired) electrons. The number of anilines is 1. The first-order valence-corrected chi connectivity index (χ1v) is 11.4. The Morgan fingerprint density at radius 1 is 1.27 bits per heavy atom. The highest BCUT2D eigenvalue weighted by atomic mass is 32.1. The van der Waals surface area contributed by atoms with E-state index in [-0.39, 0.29) is 17.3 Å². The number of esters is 1. The number of ether oxygens (including phenoxy) is 1. The average Bonchev–Trinajstić information content (AvgIpc) is 3.09. The fourth-order valence-corrected chi connectivity index (χ4v) is 5.27. The summed E-state index contributed by atoms with van der Waals surface area (Å²) >= 11 is 1.52. The molecule has 1 aliphatic carbocycles. The Hall–Kier alpha value is -2.40. The Morgan fingerprint density at radius 3 is 2.60 bits per heavy atom. The molecule has 0 unspecified atom stereocenters. The van der Waals surface area contributed by atoms with Crippen LogP contribution in [0.4, 0.5) is 5.00 Å². The van der Waals surface area contributed by atoms with Crippen LogP contribution in [0.5, 0.6) is 0 Å². The van der Waals surface area contributed by atoms with Crippen molar-refractivity contribution in [1.29, 1.82) is 0 Å². The predicted molar refractivity (Wildman–Crippen MR) is 124 cm³/mol. The maximum atomic E-state index is 12.6. The molecule has 0 bridgehead atoms. The molecule has 0 spiro atoms. The number of aryl methyl sites for hydroxylation is 1. The number of methoxy groups -OCH3 is 1. The minimum Gasteiger partial charge on any atom is -0.465 e. The van der Waals surface area contributed by atoms with Crippen molar-refractivity contribution < 1.29 is 14.3 Å². The summed E-state index contributed by atoms with van der Waals surface area (Å²) in [5, 5.41) is 3.52. The van der Waals surface area contributed by atoms with Gasteiger partial charge in [0, 0.05) is 11.0 Å². The van der Waals surface area contributed by atoms with Crippen molar-refractivity contribution in [2.45, 2.75) is 53.4 Å². The molecule has 1 heterocycles. The van der Waals surface area contributed by atoms with Crippen LogP contribution < -0.4 is 5.32 Å². The maximum absolute atomic E-state index is 12.6. The third kappa shape index (κ3) is 4.84. The second-order valence-electron chi connectivity index (χ2n) is 8.71. The van der Waals surface area contributed by atoms with Gasteiger partial charge < -0.3 is 10.1 Å². The van der Waals surface area contributed by atoms with E-state index in [0.29, 0.717) is 16.5 Å². The van der Waals surface area contributed by atoms with E-state index < -0.39 is 0 Å². The Labute approximate surface area is 183 Å². The topological polar surface area (TPSA) is 55.4 Å². The zero-order chi connectivity index (χ0) is 21.9. The summed E-state index contributed by atoms with van der Waals surface area (Å²) < 4.78 is 5.04. The molecular weight excluding hydrogens is 394 g/mol. The number of amides is 1. The highest BCUT2D eigenvalue weighted by molar-refractivity contribution is 7.17. The molecule has 30 heavy (non-hydrogen) atoms. The molecule has 1 aliphatic rings. The van der Waals surface area contributed by atoms with Crippen molar-refractivity contribution >= 4 is 34.3 Å². The Kier molecular flexibility index (Phi) is 6.81. The molecule has 1 amide bonds. The summed E-state index contributed by atoms with van der Waals surface area (Å²) in [7, 11) is 1.39. The van der Waals surface area contributed by atoms with Crippen LogP contribution in [0.15, 0.2) is 30.3 Å². The van der Waals surface area contributed by atoms with Gasteiger partial charge in [-0.3, -0.25) is 4.79 Å². The van der Waals surface area contributed by atoms with Gasteiger partial charge in [-0.25, -0.2) is 4.79 Å². The second kappa shape index (κ2) is 9.17. The zero-order valence-electron chi connectivity index (χ0n) is 18.5. The molecule has 1 N–H and O–H groups in total. The first kappa shape index (κ1) is 22.3. The zero-order valence-corrected chi connectivity index (χ0v) is 19.3. The first-order valence-electron chi connectivity index (χ1n) is 10.5. The van der Waals surface area contributed by atoms with E-state index in [0.717, 1.165) is 36.8 Å². The number of hydrogen-bond acceptors (Lipinski definition) is 4. The molecule has 0 saturated heterocycles. The van der Waals surface area contributed by atoms with Crippen LogP contribution in [0, 0.1) is 18.3 Å². The van der Waals surface area contributed by atoms with Crippen molar-refractivity contribution in [3.63, 3.8) is 0 Å². The molecule has 1 atom stereocenters. The Morgan fingerprint density at radius 2 is 1.97 bits per heavy atom. The summed E-state index contributed by atoms with van der Waals surface area (Å²) in [6.45, 7) is 8.89.